The molecule has 1 heterocycles. The van der Waals surface area contributed by atoms with E-state index in [0.717, 1.165) is 12.8 Å². The van der Waals surface area contributed by atoms with Crippen LogP contribution in [0, 0.1) is 5.21 Å². The molecule has 0 aliphatic heterocycles. The van der Waals surface area contributed by atoms with E-state index >= 15 is 0 Å². The number of hydroxylamine groups is 1. The summed E-state index contributed by atoms with van der Waals surface area (Å²) in [7, 11) is 0. The standard InChI is InChI=1S/C14H17N3O6/c18-12(15-20)8-3-1-2-4-9-22-14(19)10-6-5-7-11-13(10)16-23-17(11)21/h5-7,20H,1-4,8-9H2,(H,15,18). The molecule has 124 valence electrons. The van der Waals surface area contributed by atoms with Crippen molar-refractivity contribution in [1.82, 2.24) is 10.6 Å². The molecule has 1 amide bonds. The van der Waals surface area contributed by atoms with Gasteiger partial charge in [-0.2, -0.15) is 0 Å². The van der Waals surface area contributed by atoms with Gasteiger partial charge in [0.25, 0.3) is 5.52 Å². The molecular weight excluding hydrogens is 306 g/mol. The molecule has 0 saturated carbocycles. The highest BCUT2D eigenvalue weighted by atomic mass is 16.8. The van der Waals surface area contributed by atoms with E-state index in [2.05, 4.69) is 9.79 Å². The second-order valence-corrected chi connectivity index (χ2v) is 4.94. The average molecular weight is 323 g/mol. The lowest BCUT2D eigenvalue weighted by molar-refractivity contribution is -0.782. The lowest BCUT2D eigenvalue weighted by Crippen LogP contribution is -2.22. The Morgan fingerprint density at radius 3 is 2.87 bits per heavy atom. The van der Waals surface area contributed by atoms with Crippen LogP contribution in [0.5, 0.6) is 0 Å². The maximum atomic E-state index is 12.0. The summed E-state index contributed by atoms with van der Waals surface area (Å²) in [5.74, 6) is -0.975. The lowest BCUT2D eigenvalue weighted by Gasteiger charge is -2.04. The number of hydrogen-bond donors (Lipinski definition) is 2. The van der Waals surface area contributed by atoms with Crippen molar-refractivity contribution < 1.29 is 29.1 Å². The summed E-state index contributed by atoms with van der Waals surface area (Å²) < 4.78 is 9.60. The Morgan fingerprint density at radius 2 is 2.09 bits per heavy atom. The van der Waals surface area contributed by atoms with Crippen LogP contribution >= 0.6 is 0 Å². The highest BCUT2D eigenvalue weighted by molar-refractivity contribution is 6.00. The molecule has 1 aromatic heterocycles. The number of amides is 1. The number of carbonyl (C=O) groups excluding carboxylic acids is 2. The normalized spacial score (nSPS) is 10.7. The summed E-state index contributed by atoms with van der Waals surface area (Å²) in [4.78, 5) is 23.0. The van der Waals surface area contributed by atoms with Gasteiger partial charge in [-0.1, -0.05) is 18.9 Å². The molecule has 0 spiro atoms. The average Bonchev–Trinajstić information content (AvgIpc) is 2.95. The first-order valence-electron chi connectivity index (χ1n) is 7.22. The second-order valence-electron chi connectivity index (χ2n) is 4.94. The molecule has 0 atom stereocenters. The first kappa shape index (κ1) is 16.7. The van der Waals surface area contributed by atoms with E-state index in [1.165, 1.54) is 12.1 Å². The molecule has 0 aliphatic carbocycles. The molecule has 2 aromatic rings. The van der Waals surface area contributed by atoms with Gasteiger partial charge in [-0.25, -0.2) is 10.3 Å². The molecule has 23 heavy (non-hydrogen) atoms. The summed E-state index contributed by atoms with van der Waals surface area (Å²) >= 11 is 0. The van der Waals surface area contributed by atoms with E-state index in [4.69, 9.17) is 9.94 Å². The van der Waals surface area contributed by atoms with Crippen molar-refractivity contribution in [3.8, 4) is 0 Å². The Bertz CT molecular complexity index is 684. The fourth-order valence-electron chi connectivity index (χ4n) is 2.10. The van der Waals surface area contributed by atoms with Crippen LogP contribution in [0.2, 0.25) is 0 Å². The van der Waals surface area contributed by atoms with Crippen LogP contribution in [0.1, 0.15) is 42.5 Å². The minimum Gasteiger partial charge on any atom is -0.462 e. The van der Waals surface area contributed by atoms with Gasteiger partial charge < -0.3 is 9.94 Å². The molecule has 2 rings (SSSR count). The molecule has 2 N–H and O–H groups in total. The Labute approximate surface area is 131 Å². The van der Waals surface area contributed by atoms with Gasteiger partial charge in [-0.15, -0.1) is 0 Å². The van der Waals surface area contributed by atoms with Gasteiger partial charge in [0, 0.05) is 11.6 Å². The first-order chi connectivity index (χ1) is 11.1. The van der Waals surface area contributed by atoms with Gasteiger partial charge in [0.05, 0.1) is 6.61 Å². The largest absolute Gasteiger partial charge is 0.462 e. The highest BCUT2D eigenvalue weighted by Gasteiger charge is 2.20. The molecule has 9 nitrogen and oxygen atoms in total. The van der Waals surface area contributed by atoms with Crippen molar-refractivity contribution in [3.05, 3.63) is 29.0 Å². The predicted octanol–water partition coefficient (Wildman–Crippen LogP) is 1.07. The molecule has 0 aliphatic rings. The van der Waals surface area contributed by atoms with Crippen molar-refractivity contribution in [2.45, 2.75) is 32.1 Å². The fraction of sp³-hybridized carbons (Fsp3) is 0.429. The quantitative estimate of drug-likeness (QED) is 0.244. The summed E-state index contributed by atoms with van der Waals surface area (Å²) in [6.07, 6.45) is 3.16. The number of benzene rings is 1. The number of fused-ring (bicyclic) bond motifs is 1. The number of rotatable bonds is 8. The van der Waals surface area contributed by atoms with Crippen LogP contribution in [0.25, 0.3) is 11.0 Å². The van der Waals surface area contributed by atoms with Crippen LogP contribution in [-0.4, -0.2) is 28.8 Å². The second kappa shape index (κ2) is 8.08. The minimum absolute atomic E-state index is 0.168. The SMILES string of the molecule is O=C(CCCCCCOC(=O)c1cccc2c1no[n+]2[O-])NO. The Balaban J connectivity index is 1.74. The van der Waals surface area contributed by atoms with Crippen molar-refractivity contribution in [2.24, 2.45) is 0 Å². The number of nitrogens with one attached hydrogen (secondary N) is 1. The van der Waals surface area contributed by atoms with E-state index in [9.17, 15) is 14.8 Å². The Kier molecular flexibility index (Phi) is 5.87. The predicted molar refractivity (Wildman–Crippen MR) is 76.3 cm³/mol. The van der Waals surface area contributed by atoms with Crippen molar-refractivity contribution >= 4 is 22.9 Å². The topological polar surface area (TPSA) is 129 Å². The summed E-state index contributed by atoms with van der Waals surface area (Å²) in [6, 6.07) is 4.57. The van der Waals surface area contributed by atoms with Gasteiger partial charge in [-0.3, -0.25) is 14.6 Å². The fourth-order valence-corrected chi connectivity index (χ4v) is 2.10. The van der Waals surface area contributed by atoms with Crippen LogP contribution in [0.3, 0.4) is 0 Å². The Morgan fingerprint density at radius 1 is 1.30 bits per heavy atom. The maximum absolute atomic E-state index is 12.0. The Hall–Kier alpha value is -2.68. The molecule has 1 aromatic carbocycles. The zero-order valence-corrected chi connectivity index (χ0v) is 12.4. The molecular formula is C14H17N3O6. The third kappa shape index (κ3) is 4.39. The third-order valence-electron chi connectivity index (χ3n) is 3.29. The van der Waals surface area contributed by atoms with Crippen LogP contribution in [-0.2, 0) is 9.53 Å². The molecule has 0 bridgehead atoms. The zero-order valence-electron chi connectivity index (χ0n) is 12.4. The minimum atomic E-state index is -0.566. The van der Waals surface area contributed by atoms with E-state index in [1.807, 2.05) is 0 Å². The first-order valence-corrected chi connectivity index (χ1v) is 7.22. The maximum Gasteiger partial charge on any atom is 0.342 e. The van der Waals surface area contributed by atoms with Gasteiger partial charge >= 0.3 is 5.97 Å². The highest BCUT2D eigenvalue weighted by Crippen LogP contribution is 2.15. The van der Waals surface area contributed by atoms with E-state index < -0.39 is 11.9 Å². The summed E-state index contributed by atoms with van der Waals surface area (Å²) in [6.45, 7) is 0.233. The van der Waals surface area contributed by atoms with Gasteiger partial charge in [-0.05, 0) is 29.9 Å². The van der Waals surface area contributed by atoms with E-state index in [0.29, 0.717) is 12.8 Å². The number of hydrogen-bond acceptors (Lipinski definition) is 7. The molecule has 0 unspecified atom stereocenters. The molecule has 9 heteroatoms. The molecule has 0 saturated heterocycles. The number of carbonyl (C=O) groups is 2. The monoisotopic (exact) mass is 323 g/mol. The molecule has 0 radical (unpaired) electrons. The zero-order chi connectivity index (χ0) is 16.7. The number of nitrogens with zero attached hydrogens (tertiary/aromatic N) is 2. The summed E-state index contributed by atoms with van der Waals surface area (Å²) in [5.41, 5.74) is 2.09. The van der Waals surface area contributed by atoms with Crippen LogP contribution in [0.4, 0.5) is 0 Å². The van der Waals surface area contributed by atoms with Crippen LogP contribution < -0.4 is 10.4 Å². The van der Waals surface area contributed by atoms with E-state index in [1.54, 1.807) is 11.5 Å². The smallest absolute Gasteiger partial charge is 0.342 e. The van der Waals surface area contributed by atoms with Crippen molar-refractivity contribution in [1.29, 1.82) is 0 Å². The van der Waals surface area contributed by atoms with Gasteiger partial charge in [0.2, 0.25) is 11.4 Å². The van der Waals surface area contributed by atoms with Crippen molar-refractivity contribution in [3.63, 3.8) is 0 Å². The number of ether oxygens (including phenoxy) is 1. The number of aromatic nitrogens is 2. The van der Waals surface area contributed by atoms with Gasteiger partial charge in [0.1, 0.15) is 5.56 Å². The third-order valence-corrected chi connectivity index (χ3v) is 3.29. The van der Waals surface area contributed by atoms with Gasteiger partial charge in [0.15, 0.2) is 0 Å². The van der Waals surface area contributed by atoms with Crippen LogP contribution in [0.15, 0.2) is 22.8 Å². The van der Waals surface area contributed by atoms with Crippen molar-refractivity contribution in [2.75, 3.05) is 6.61 Å². The lowest BCUT2D eigenvalue weighted by atomic mass is 10.1. The molecule has 0 fully saturated rings. The summed E-state index contributed by atoms with van der Waals surface area (Å²) in [5, 5.41) is 23.2. The van der Waals surface area contributed by atoms with E-state index in [-0.39, 0.29) is 34.5 Å². The number of esters is 1. The number of unbranched alkanes of at least 4 members (excludes halogenated alkanes) is 3.